The van der Waals surface area contributed by atoms with Crippen molar-refractivity contribution in [3.63, 3.8) is 0 Å². The maximum Gasteiger partial charge on any atom is 0.175 e. The van der Waals surface area contributed by atoms with Gasteiger partial charge in [0.1, 0.15) is 0 Å². The molecule has 2 rings (SSSR count). The number of nitrogens with one attached hydrogen (secondary N) is 2. The lowest BCUT2D eigenvalue weighted by Gasteiger charge is -2.22. The Morgan fingerprint density at radius 1 is 1.12 bits per heavy atom. The first kappa shape index (κ1) is 19.0. The number of anilines is 3. The van der Waals surface area contributed by atoms with E-state index in [1.54, 1.807) is 12.1 Å². The van der Waals surface area contributed by atoms with E-state index in [2.05, 4.69) is 41.5 Å². The molecule has 6 heteroatoms. The fraction of sp³-hybridized carbons (Fsp3) is 0.316. The smallest absolute Gasteiger partial charge is 0.175 e. The van der Waals surface area contributed by atoms with Crippen molar-refractivity contribution in [1.29, 1.82) is 0 Å². The van der Waals surface area contributed by atoms with Gasteiger partial charge in [0.15, 0.2) is 16.7 Å². The number of nitrogens with zero attached hydrogens (tertiary/aromatic N) is 1. The van der Waals surface area contributed by atoms with Gasteiger partial charge in [0.25, 0.3) is 0 Å². The van der Waals surface area contributed by atoms with E-state index in [-0.39, 0.29) is 5.75 Å². The fourth-order valence-corrected chi connectivity index (χ4v) is 2.83. The second kappa shape index (κ2) is 8.67. The summed E-state index contributed by atoms with van der Waals surface area (Å²) in [6.07, 6.45) is 0. The molecule has 4 nitrogen and oxygen atoms in total. The van der Waals surface area contributed by atoms with Crippen molar-refractivity contribution in [1.82, 2.24) is 0 Å². The maximum atomic E-state index is 13.7. The summed E-state index contributed by atoms with van der Waals surface area (Å²) < 4.78 is 18.7. The van der Waals surface area contributed by atoms with Gasteiger partial charge in [0.2, 0.25) is 0 Å². The van der Waals surface area contributed by atoms with Crippen molar-refractivity contribution in [2.24, 2.45) is 0 Å². The van der Waals surface area contributed by atoms with Crippen LogP contribution in [0, 0.1) is 12.7 Å². The highest BCUT2D eigenvalue weighted by molar-refractivity contribution is 7.80. The van der Waals surface area contributed by atoms with E-state index in [0.29, 0.717) is 10.8 Å². The van der Waals surface area contributed by atoms with Gasteiger partial charge in [-0.05, 0) is 68.9 Å². The predicted octanol–water partition coefficient (Wildman–Crippen LogP) is 4.80. The number of aryl methyl sites for hydroxylation is 1. The summed E-state index contributed by atoms with van der Waals surface area (Å²) in [6.45, 7) is 8.23. The maximum absolute atomic E-state index is 13.7. The van der Waals surface area contributed by atoms with E-state index >= 15 is 0 Å². The lowest BCUT2D eigenvalue weighted by atomic mass is 10.1. The third-order valence-electron chi connectivity index (χ3n) is 4.00. The van der Waals surface area contributed by atoms with Gasteiger partial charge in [-0.2, -0.15) is 0 Å². The van der Waals surface area contributed by atoms with Crippen molar-refractivity contribution in [2.45, 2.75) is 20.8 Å². The predicted molar refractivity (Wildman–Crippen MR) is 108 cm³/mol. The Morgan fingerprint density at radius 2 is 1.84 bits per heavy atom. The van der Waals surface area contributed by atoms with Crippen LogP contribution in [0.2, 0.25) is 0 Å². The molecule has 0 amide bonds. The molecular weight excluding hydrogens is 337 g/mol. The van der Waals surface area contributed by atoms with Crippen LogP contribution in [0.5, 0.6) is 5.75 Å². The number of hydrogen-bond acceptors (Lipinski definition) is 3. The van der Waals surface area contributed by atoms with E-state index in [9.17, 15) is 4.39 Å². The van der Waals surface area contributed by atoms with Crippen LogP contribution in [0.4, 0.5) is 21.5 Å². The molecule has 0 aliphatic rings. The average molecular weight is 361 g/mol. The largest absolute Gasteiger partial charge is 0.494 e. The second-order valence-corrected chi connectivity index (χ2v) is 6.01. The number of ether oxygens (including phenoxy) is 1. The van der Waals surface area contributed by atoms with Crippen LogP contribution in [0.3, 0.4) is 0 Å². The molecule has 25 heavy (non-hydrogen) atoms. The Kier molecular flexibility index (Phi) is 6.58. The molecule has 2 N–H and O–H groups in total. The number of benzene rings is 2. The Balaban J connectivity index is 2.06. The first-order valence-corrected chi connectivity index (χ1v) is 8.66. The molecule has 2 aromatic rings. The van der Waals surface area contributed by atoms with Gasteiger partial charge in [0.05, 0.1) is 7.11 Å². The molecule has 0 unspecified atom stereocenters. The first-order valence-electron chi connectivity index (χ1n) is 8.25. The van der Waals surface area contributed by atoms with Crippen molar-refractivity contribution < 1.29 is 9.13 Å². The SMILES string of the molecule is CCN(CC)c1ccc(NC(=S)Nc2ccc(OC)c(F)c2)c(C)c1. The molecule has 0 heterocycles. The van der Waals surface area contributed by atoms with Crippen LogP contribution >= 0.6 is 12.2 Å². The normalized spacial score (nSPS) is 10.3. The summed E-state index contributed by atoms with van der Waals surface area (Å²) in [5.41, 5.74) is 3.76. The second-order valence-electron chi connectivity index (χ2n) is 5.60. The molecule has 0 saturated heterocycles. The highest BCUT2D eigenvalue weighted by Crippen LogP contribution is 2.24. The van der Waals surface area contributed by atoms with Crippen LogP contribution in [-0.2, 0) is 0 Å². The van der Waals surface area contributed by atoms with Gasteiger partial charge in [0, 0.05) is 36.2 Å². The molecular formula is C19H24FN3OS. The summed E-state index contributed by atoms with van der Waals surface area (Å²) in [5.74, 6) is -0.234. The summed E-state index contributed by atoms with van der Waals surface area (Å²) in [6, 6.07) is 10.8. The van der Waals surface area contributed by atoms with Crippen LogP contribution < -0.4 is 20.3 Å². The first-order chi connectivity index (χ1) is 12.0. The van der Waals surface area contributed by atoms with Gasteiger partial charge in [-0.15, -0.1) is 0 Å². The highest BCUT2D eigenvalue weighted by Gasteiger charge is 2.08. The zero-order valence-electron chi connectivity index (χ0n) is 15.0. The zero-order chi connectivity index (χ0) is 18.4. The van der Waals surface area contributed by atoms with Gasteiger partial charge < -0.3 is 20.3 Å². The van der Waals surface area contributed by atoms with Crippen molar-refractivity contribution >= 4 is 34.4 Å². The summed E-state index contributed by atoms with van der Waals surface area (Å²) in [5, 5.41) is 6.55. The summed E-state index contributed by atoms with van der Waals surface area (Å²) in [4.78, 5) is 2.29. The molecule has 0 atom stereocenters. The third-order valence-corrected chi connectivity index (χ3v) is 4.20. The summed E-state index contributed by atoms with van der Waals surface area (Å²) >= 11 is 5.33. The fourth-order valence-electron chi connectivity index (χ4n) is 2.60. The van der Waals surface area contributed by atoms with Crippen LogP contribution in [0.1, 0.15) is 19.4 Å². The Hall–Kier alpha value is -2.34. The van der Waals surface area contributed by atoms with Gasteiger partial charge >= 0.3 is 0 Å². The number of rotatable bonds is 6. The highest BCUT2D eigenvalue weighted by atomic mass is 32.1. The van der Waals surface area contributed by atoms with Crippen LogP contribution in [0.25, 0.3) is 0 Å². The Bertz CT molecular complexity index is 747. The minimum Gasteiger partial charge on any atom is -0.494 e. The number of hydrogen-bond donors (Lipinski definition) is 2. The number of halogens is 1. The van der Waals surface area contributed by atoms with Crippen molar-refractivity contribution in [3.05, 3.63) is 47.8 Å². The van der Waals surface area contributed by atoms with Gasteiger partial charge in [-0.1, -0.05) is 0 Å². The van der Waals surface area contributed by atoms with E-state index in [0.717, 1.165) is 24.3 Å². The van der Waals surface area contributed by atoms with Crippen molar-refractivity contribution in [3.8, 4) is 5.75 Å². The lowest BCUT2D eigenvalue weighted by Crippen LogP contribution is -2.22. The van der Waals surface area contributed by atoms with E-state index in [1.807, 2.05) is 13.0 Å². The topological polar surface area (TPSA) is 36.5 Å². The van der Waals surface area contributed by atoms with Crippen LogP contribution in [0.15, 0.2) is 36.4 Å². The van der Waals surface area contributed by atoms with E-state index in [4.69, 9.17) is 17.0 Å². The lowest BCUT2D eigenvalue weighted by molar-refractivity contribution is 0.387. The molecule has 0 aliphatic heterocycles. The van der Waals surface area contributed by atoms with E-state index < -0.39 is 5.82 Å². The molecule has 0 spiro atoms. The average Bonchev–Trinajstić information content (AvgIpc) is 2.58. The van der Waals surface area contributed by atoms with Gasteiger partial charge in [-0.3, -0.25) is 0 Å². The molecule has 0 saturated carbocycles. The zero-order valence-corrected chi connectivity index (χ0v) is 15.8. The monoisotopic (exact) mass is 361 g/mol. The van der Waals surface area contributed by atoms with Crippen molar-refractivity contribution in [2.75, 3.05) is 35.7 Å². The minimum absolute atomic E-state index is 0.201. The molecule has 134 valence electrons. The van der Waals surface area contributed by atoms with Gasteiger partial charge in [-0.25, -0.2) is 4.39 Å². The molecule has 2 aromatic carbocycles. The molecule has 0 fully saturated rings. The standard InChI is InChI=1S/C19H24FN3OS/c1-5-23(6-2)15-8-9-17(13(3)11-15)22-19(25)21-14-7-10-18(24-4)16(20)12-14/h7-12H,5-6H2,1-4H3,(H2,21,22,25). The Morgan fingerprint density at radius 3 is 2.40 bits per heavy atom. The molecule has 0 bridgehead atoms. The number of methoxy groups -OCH3 is 1. The third kappa shape index (κ3) is 4.82. The number of thiocarbonyl (C=S) groups is 1. The molecule has 0 aliphatic carbocycles. The van der Waals surface area contributed by atoms with Crippen LogP contribution in [-0.4, -0.2) is 25.3 Å². The summed E-state index contributed by atoms with van der Waals surface area (Å²) in [7, 11) is 1.43. The quantitative estimate of drug-likeness (QED) is 0.723. The van der Waals surface area contributed by atoms with E-state index in [1.165, 1.54) is 18.9 Å². The molecule has 0 aromatic heterocycles. The molecule has 0 radical (unpaired) electrons. The minimum atomic E-state index is -0.435. The Labute approximate surface area is 154 Å².